The Bertz CT molecular complexity index is 863. The van der Waals surface area contributed by atoms with Crippen LogP contribution in [0.5, 0.6) is 0 Å². The molecule has 0 N–H and O–H groups in total. The molecule has 2 unspecified atom stereocenters. The van der Waals surface area contributed by atoms with Crippen molar-refractivity contribution in [2.75, 3.05) is 54.1 Å². The number of phosphoric acid groups is 1. The molecule has 0 spiro atoms. The van der Waals surface area contributed by atoms with Crippen molar-refractivity contribution in [1.29, 1.82) is 0 Å². The highest BCUT2D eigenvalue weighted by molar-refractivity contribution is 7.45. The molecule has 53 heavy (non-hydrogen) atoms. The first kappa shape index (κ1) is 52.2. The average molecular weight is 774 g/mol. The monoisotopic (exact) mass is 774 g/mol. The summed E-state index contributed by atoms with van der Waals surface area (Å²) in [7, 11) is 1.36. The zero-order valence-electron chi connectivity index (χ0n) is 35.7. The van der Waals surface area contributed by atoms with Crippen LogP contribution in [0, 0.1) is 0 Å². The normalized spacial score (nSPS) is 13.8. The largest absolute Gasteiger partial charge is 0.756 e. The predicted octanol–water partition coefficient (Wildman–Crippen LogP) is 12.4. The van der Waals surface area contributed by atoms with Gasteiger partial charge in [-0.2, -0.15) is 0 Å². The van der Waals surface area contributed by atoms with Gasteiger partial charge in [-0.05, 0) is 38.5 Å². The van der Waals surface area contributed by atoms with E-state index in [1.807, 2.05) is 21.1 Å². The molecule has 0 aliphatic heterocycles. The van der Waals surface area contributed by atoms with Crippen LogP contribution < -0.4 is 4.89 Å². The number of carbonyl (C=O) groups excluding carboxylic acids is 1. The van der Waals surface area contributed by atoms with E-state index in [-0.39, 0.29) is 25.8 Å². The van der Waals surface area contributed by atoms with E-state index in [1.54, 1.807) is 0 Å². The first-order valence-corrected chi connectivity index (χ1v) is 23.9. The van der Waals surface area contributed by atoms with E-state index in [2.05, 4.69) is 26.0 Å². The molecule has 0 bridgehead atoms. The fourth-order valence-corrected chi connectivity index (χ4v) is 7.03. The highest BCUT2D eigenvalue weighted by atomic mass is 31.2. The molecular formula is C44H88NO7P. The minimum atomic E-state index is -4.51. The summed E-state index contributed by atoms with van der Waals surface area (Å²) in [5, 5.41) is 0. The Balaban J connectivity index is 4.02. The van der Waals surface area contributed by atoms with Gasteiger partial charge in [0.15, 0.2) is 0 Å². The van der Waals surface area contributed by atoms with Crippen molar-refractivity contribution in [3.05, 3.63) is 12.2 Å². The predicted molar refractivity (Wildman–Crippen MR) is 222 cm³/mol. The average Bonchev–Trinajstić information content (AvgIpc) is 3.11. The van der Waals surface area contributed by atoms with E-state index < -0.39 is 13.9 Å². The number of likely N-dealkylation sites (N-methyl/N-ethyl adjacent to an activating group) is 1. The maximum Gasteiger partial charge on any atom is 0.306 e. The van der Waals surface area contributed by atoms with E-state index in [9.17, 15) is 14.3 Å². The molecule has 0 saturated carbocycles. The lowest BCUT2D eigenvalue weighted by molar-refractivity contribution is -0.870. The van der Waals surface area contributed by atoms with Gasteiger partial charge in [-0.3, -0.25) is 9.36 Å². The van der Waals surface area contributed by atoms with Crippen molar-refractivity contribution in [3.8, 4) is 0 Å². The smallest absolute Gasteiger partial charge is 0.306 e. The number of carbonyl (C=O) groups is 1. The maximum absolute atomic E-state index is 12.6. The SMILES string of the molecule is CCCCCCCCCC/C=C\CCCCCCCCCCCCCC(=O)OC(COCCCCCCCCCC)COP(=O)([O-])OCC[N+](C)(C)C. The maximum atomic E-state index is 12.6. The lowest BCUT2D eigenvalue weighted by Crippen LogP contribution is -2.37. The highest BCUT2D eigenvalue weighted by Gasteiger charge is 2.20. The lowest BCUT2D eigenvalue weighted by atomic mass is 10.0. The third kappa shape index (κ3) is 42.2. The first-order chi connectivity index (χ1) is 25.6. The van der Waals surface area contributed by atoms with E-state index >= 15 is 0 Å². The van der Waals surface area contributed by atoms with E-state index in [1.165, 1.54) is 154 Å². The van der Waals surface area contributed by atoms with Crippen molar-refractivity contribution in [2.45, 2.75) is 213 Å². The lowest BCUT2D eigenvalue weighted by Gasteiger charge is -2.28. The number of hydrogen-bond donors (Lipinski definition) is 0. The number of quaternary nitrogens is 1. The van der Waals surface area contributed by atoms with Gasteiger partial charge >= 0.3 is 5.97 Å². The Hall–Kier alpha value is -0.760. The van der Waals surface area contributed by atoms with Gasteiger partial charge in [0, 0.05) is 13.0 Å². The summed E-state index contributed by atoms with van der Waals surface area (Å²) >= 11 is 0. The van der Waals surface area contributed by atoms with Crippen LogP contribution in [-0.2, 0) is 27.9 Å². The quantitative estimate of drug-likeness (QED) is 0.0200. The van der Waals surface area contributed by atoms with Crippen molar-refractivity contribution < 1.29 is 37.3 Å². The zero-order valence-corrected chi connectivity index (χ0v) is 36.6. The molecule has 0 saturated heterocycles. The fraction of sp³-hybridized carbons (Fsp3) is 0.932. The number of allylic oxidation sites excluding steroid dienone is 2. The minimum absolute atomic E-state index is 0.0290. The second kappa shape index (κ2) is 38.1. The minimum Gasteiger partial charge on any atom is -0.756 e. The standard InChI is InChI=1S/C44H88NO7P/c1-6-8-10-12-14-16-17-18-19-20-21-22-23-24-25-26-27-28-29-30-31-33-35-37-44(46)52-43(41-49-39-36-34-32-15-13-11-9-7-2)42-51-53(47,48)50-40-38-45(3,4)5/h20-21,43H,6-19,22-42H2,1-5H3/b21-20-. The molecule has 0 aromatic heterocycles. The number of phosphoric ester groups is 1. The van der Waals surface area contributed by atoms with Gasteiger partial charge in [0.1, 0.15) is 19.3 Å². The van der Waals surface area contributed by atoms with Gasteiger partial charge in [-0.25, -0.2) is 0 Å². The van der Waals surface area contributed by atoms with Crippen LogP contribution in [0.4, 0.5) is 0 Å². The number of hydrogen-bond acceptors (Lipinski definition) is 7. The van der Waals surface area contributed by atoms with Crippen molar-refractivity contribution in [3.63, 3.8) is 0 Å². The van der Waals surface area contributed by atoms with Gasteiger partial charge < -0.3 is 27.9 Å². The highest BCUT2D eigenvalue weighted by Crippen LogP contribution is 2.38. The van der Waals surface area contributed by atoms with Crippen LogP contribution >= 0.6 is 7.82 Å². The zero-order chi connectivity index (χ0) is 39.1. The summed E-state index contributed by atoms with van der Waals surface area (Å²) in [6.45, 7) is 5.42. The number of esters is 1. The van der Waals surface area contributed by atoms with Crippen LogP contribution in [-0.4, -0.2) is 70.7 Å². The summed E-state index contributed by atoms with van der Waals surface area (Å²) in [5.74, 6) is -0.333. The molecule has 9 heteroatoms. The van der Waals surface area contributed by atoms with E-state index in [4.69, 9.17) is 18.5 Å². The van der Waals surface area contributed by atoms with Crippen LogP contribution in [0.3, 0.4) is 0 Å². The van der Waals surface area contributed by atoms with E-state index in [0.29, 0.717) is 24.1 Å². The van der Waals surface area contributed by atoms with Crippen molar-refractivity contribution in [2.24, 2.45) is 0 Å². The Morgan fingerprint density at radius 1 is 0.566 bits per heavy atom. The summed E-state index contributed by atoms with van der Waals surface area (Å²) in [6, 6.07) is 0. The van der Waals surface area contributed by atoms with E-state index in [0.717, 1.165) is 32.1 Å². The fourth-order valence-electron chi connectivity index (χ4n) is 6.31. The topological polar surface area (TPSA) is 94.1 Å². The molecule has 0 aromatic carbocycles. The number of unbranched alkanes of at least 4 members (excludes halogenated alkanes) is 26. The molecule has 0 amide bonds. The van der Waals surface area contributed by atoms with Crippen LogP contribution in [0.1, 0.15) is 206 Å². The van der Waals surface area contributed by atoms with Gasteiger partial charge in [-0.1, -0.05) is 174 Å². The summed E-state index contributed by atoms with van der Waals surface area (Å²) in [5.41, 5.74) is 0. The third-order valence-corrected chi connectivity index (χ3v) is 10.8. The number of ether oxygens (including phenoxy) is 2. The van der Waals surface area contributed by atoms with Gasteiger partial charge in [0.05, 0.1) is 34.4 Å². The first-order valence-electron chi connectivity index (χ1n) is 22.4. The summed E-state index contributed by atoms with van der Waals surface area (Å²) < 4.78 is 34.5. The molecule has 8 nitrogen and oxygen atoms in total. The number of rotatable bonds is 42. The van der Waals surface area contributed by atoms with Crippen LogP contribution in [0.2, 0.25) is 0 Å². The Morgan fingerprint density at radius 3 is 1.43 bits per heavy atom. The molecule has 0 aromatic rings. The molecule has 0 rings (SSSR count). The van der Waals surface area contributed by atoms with Gasteiger partial charge in [0.25, 0.3) is 7.82 Å². The summed E-state index contributed by atoms with van der Waals surface area (Å²) in [4.78, 5) is 25.0. The molecular weight excluding hydrogens is 685 g/mol. The Kier molecular flexibility index (Phi) is 37.6. The van der Waals surface area contributed by atoms with Crippen molar-refractivity contribution >= 4 is 13.8 Å². The van der Waals surface area contributed by atoms with Gasteiger partial charge in [-0.15, -0.1) is 0 Å². The molecule has 0 heterocycles. The molecule has 0 radical (unpaired) electrons. The van der Waals surface area contributed by atoms with Gasteiger partial charge in [0.2, 0.25) is 0 Å². The van der Waals surface area contributed by atoms with Crippen molar-refractivity contribution in [1.82, 2.24) is 0 Å². The molecule has 2 atom stereocenters. The Labute approximate surface area is 329 Å². The summed E-state index contributed by atoms with van der Waals surface area (Å²) in [6.07, 6.45) is 40.9. The van der Waals surface area contributed by atoms with Crippen LogP contribution in [0.25, 0.3) is 0 Å². The molecule has 316 valence electrons. The molecule has 0 aliphatic carbocycles. The number of nitrogens with zero attached hydrogens (tertiary/aromatic N) is 1. The molecule has 0 aliphatic rings. The second-order valence-electron chi connectivity index (χ2n) is 16.4. The van der Waals surface area contributed by atoms with Crippen LogP contribution in [0.15, 0.2) is 12.2 Å². The second-order valence-corrected chi connectivity index (χ2v) is 17.8. The molecule has 0 fully saturated rings. The Morgan fingerprint density at radius 2 is 0.981 bits per heavy atom. The third-order valence-electron chi connectivity index (χ3n) is 9.82.